The summed E-state index contributed by atoms with van der Waals surface area (Å²) < 4.78 is 11.0. The number of fused-ring (bicyclic) bond motifs is 1. The second kappa shape index (κ2) is 12.1. The van der Waals surface area contributed by atoms with Gasteiger partial charge in [0, 0.05) is 42.7 Å². The maximum absolute atomic E-state index is 12.6. The summed E-state index contributed by atoms with van der Waals surface area (Å²) in [6.45, 7) is 7.03. The number of piperidine rings is 1. The number of nitrogens with one attached hydrogen (secondary N) is 2. The highest BCUT2D eigenvalue weighted by atomic mass is 32.1. The van der Waals surface area contributed by atoms with E-state index < -0.39 is 5.63 Å². The van der Waals surface area contributed by atoms with Crippen LogP contribution in [0.4, 0.5) is 5.13 Å². The number of carbonyl (C=O) groups is 2. The quantitative estimate of drug-likeness (QED) is 0.394. The lowest BCUT2D eigenvalue weighted by molar-refractivity contribution is -0.124. The van der Waals surface area contributed by atoms with Crippen molar-refractivity contribution in [1.29, 1.82) is 0 Å². The Labute approximate surface area is 213 Å². The van der Waals surface area contributed by atoms with E-state index in [-0.39, 0.29) is 24.7 Å². The molecule has 2 N–H and O–H groups in total. The molecule has 0 bridgehead atoms. The first-order chi connectivity index (χ1) is 17.4. The Hall–Kier alpha value is -3.24. The van der Waals surface area contributed by atoms with E-state index in [1.807, 2.05) is 19.1 Å². The molecule has 0 spiro atoms. The molecule has 2 amide bonds. The van der Waals surface area contributed by atoms with E-state index in [2.05, 4.69) is 27.4 Å². The Morgan fingerprint density at radius 1 is 1.25 bits per heavy atom. The Bertz CT molecular complexity index is 1270. The number of anilines is 1. The van der Waals surface area contributed by atoms with Gasteiger partial charge >= 0.3 is 5.63 Å². The van der Waals surface area contributed by atoms with Gasteiger partial charge < -0.3 is 19.8 Å². The van der Waals surface area contributed by atoms with Crippen molar-refractivity contribution in [1.82, 2.24) is 15.2 Å². The highest BCUT2D eigenvalue weighted by molar-refractivity contribution is 7.14. The van der Waals surface area contributed by atoms with Crippen molar-refractivity contribution in [3.63, 3.8) is 0 Å². The van der Waals surface area contributed by atoms with Crippen LogP contribution in [0.2, 0.25) is 0 Å². The predicted octanol–water partition coefficient (Wildman–Crippen LogP) is 4.02. The fourth-order valence-corrected chi connectivity index (χ4v) is 5.07. The highest BCUT2D eigenvalue weighted by Crippen LogP contribution is 2.29. The molecule has 0 aliphatic carbocycles. The van der Waals surface area contributed by atoms with Crippen molar-refractivity contribution in [2.75, 3.05) is 31.6 Å². The van der Waals surface area contributed by atoms with Gasteiger partial charge in [0.15, 0.2) is 16.5 Å². The lowest BCUT2D eigenvalue weighted by atomic mass is 10.0. The summed E-state index contributed by atoms with van der Waals surface area (Å²) in [4.78, 5) is 43.9. The van der Waals surface area contributed by atoms with Gasteiger partial charge in [0.1, 0.15) is 0 Å². The Morgan fingerprint density at radius 2 is 2.08 bits per heavy atom. The molecule has 1 saturated heterocycles. The number of amides is 2. The van der Waals surface area contributed by atoms with Crippen molar-refractivity contribution in [3.05, 3.63) is 40.1 Å². The molecule has 0 radical (unpaired) electrons. The van der Waals surface area contributed by atoms with Crippen LogP contribution in [0.3, 0.4) is 0 Å². The van der Waals surface area contributed by atoms with Crippen LogP contribution in [0.25, 0.3) is 22.2 Å². The molecule has 9 nitrogen and oxygen atoms in total. The first-order valence-corrected chi connectivity index (χ1v) is 13.3. The standard InChI is InChI=1S/C26H32N4O5S/c1-3-34-21-9-6-8-18-15-19(25(33)35-24(18)21)20-16-36-26(28-20)29-23(32)11-10-22(31)27-12-14-30-13-5-4-7-17(30)2/h6,8-9,15-17H,3-5,7,10-14H2,1-2H3,(H,27,31)(H,28,29,32)/t17-/m1/s1. The summed E-state index contributed by atoms with van der Waals surface area (Å²) in [6.07, 6.45) is 3.84. The topological polar surface area (TPSA) is 114 Å². The third kappa shape index (κ3) is 6.50. The molecule has 1 atom stereocenters. The largest absolute Gasteiger partial charge is 0.490 e. The smallest absolute Gasteiger partial charge is 0.345 e. The zero-order valence-corrected chi connectivity index (χ0v) is 21.5. The minimum absolute atomic E-state index is 0.0547. The molecule has 1 fully saturated rings. The Morgan fingerprint density at radius 3 is 2.89 bits per heavy atom. The Balaban J connectivity index is 1.29. The highest BCUT2D eigenvalue weighted by Gasteiger charge is 2.18. The SMILES string of the molecule is CCOc1cccc2cc(-c3csc(NC(=O)CCC(=O)NCCN4CCCC[C@H]4C)n3)c(=O)oc12. The van der Waals surface area contributed by atoms with Crippen LogP contribution in [-0.2, 0) is 9.59 Å². The molecular weight excluding hydrogens is 480 g/mol. The Kier molecular flexibility index (Phi) is 8.71. The molecule has 1 aliphatic heterocycles. The number of para-hydroxylation sites is 1. The van der Waals surface area contributed by atoms with Crippen LogP contribution < -0.4 is 21.0 Å². The van der Waals surface area contributed by atoms with Crippen LogP contribution in [0.1, 0.15) is 46.0 Å². The van der Waals surface area contributed by atoms with Crippen molar-refractivity contribution in [3.8, 4) is 17.0 Å². The average molecular weight is 513 g/mol. The second-order valence-electron chi connectivity index (χ2n) is 8.87. The van der Waals surface area contributed by atoms with E-state index in [1.54, 1.807) is 17.5 Å². The van der Waals surface area contributed by atoms with Gasteiger partial charge in [0.25, 0.3) is 0 Å². The van der Waals surface area contributed by atoms with E-state index in [1.165, 1.54) is 30.6 Å². The van der Waals surface area contributed by atoms with Gasteiger partial charge in [-0.1, -0.05) is 18.6 Å². The van der Waals surface area contributed by atoms with Gasteiger partial charge in [0.05, 0.1) is 17.9 Å². The van der Waals surface area contributed by atoms with Gasteiger partial charge in [0.2, 0.25) is 11.8 Å². The van der Waals surface area contributed by atoms with Gasteiger partial charge in [-0.2, -0.15) is 0 Å². The summed E-state index contributed by atoms with van der Waals surface area (Å²) in [5.74, 6) is 0.0624. The van der Waals surface area contributed by atoms with Gasteiger partial charge in [-0.25, -0.2) is 9.78 Å². The monoisotopic (exact) mass is 512 g/mol. The molecule has 10 heteroatoms. The normalized spacial score (nSPS) is 16.1. The lowest BCUT2D eigenvalue weighted by Crippen LogP contribution is -2.42. The van der Waals surface area contributed by atoms with Gasteiger partial charge in [-0.3, -0.25) is 14.5 Å². The molecule has 2 aromatic heterocycles. The number of nitrogens with zero attached hydrogens (tertiary/aromatic N) is 2. The van der Waals surface area contributed by atoms with E-state index in [9.17, 15) is 14.4 Å². The van der Waals surface area contributed by atoms with E-state index >= 15 is 0 Å². The first-order valence-electron chi connectivity index (χ1n) is 12.4. The van der Waals surface area contributed by atoms with Crippen molar-refractivity contribution in [2.45, 2.75) is 52.0 Å². The molecule has 0 unspecified atom stereocenters. The van der Waals surface area contributed by atoms with Crippen molar-refractivity contribution < 1.29 is 18.7 Å². The number of rotatable bonds is 10. The number of hydrogen-bond donors (Lipinski definition) is 2. The molecule has 4 rings (SSSR count). The fraction of sp³-hybridized carbons (Fsp3) is 0.462. The van der Waals surface area contributed by atoms with Crippen LogP contribution in [0.5, 0.6) is 5.75 Å². The average Bonchev–Trinajstić information content (AvgIpc) is 3.32. The van der Waals surface area contributed by atoms with Gasteiger partial charge in [-0.15, -0.1) is 11.3 Å². The fourth-order valence-electron chi connectivity index (χ4n) is 4.35. The van der Waals surface area contributed by atoms with Crippen LogP contribution in [0.15, 0.2) is 38.9 Å². The maximum Gasteiger partial charge on any atom is 0.345 e. The molecule has 1 aliphatic rings. The lowest BCUT2D eigenvalue weighted by Gasteiger charge is -2.33. The summed E-state index contributed by atoms with van der Waals surface area (Å²) >= 11 is 1.21. The third-order valence-electron chi connectivity index (χ3n) is 6.29. The number of ether oxygens (including phenoxy) is 1. The minimum atomic E-state index is -0.534. The summed E-state index contributed by atoms with van der Waals surface area (Å²) in [6, 6.07) is 7.67. The first kappa shape index (κ1) is 25.8. The van der Waals surface area contributed by atoms with Crippen LogP contribution in [0, 0.1) is 0 Å². The molecule has 36 heavy (non-hydrogen) atoms. The number of likely N-dealkylation sites (tertiary alicyclic amines) is 1. The van der Waals surface area contributed by atoms with E-state index in [0.717, 1.165) is 18.5 Å². The molecule has 1 aromatic carbocycles. The zero-order valence-electron chi connectivity index (χ0n) is 20.7. The molecule has 3 aromatic rings. The summed E-state index contributed by atoms with van der Waals surface area (Å²) in [5.41, 5.74) is 0.571. The molecular formula is C26H32N4O5S. The minimum Gasteiger partial charge on any atom is -0.490 e. The number of hydrogen-bond acceptors (Lipinski definition) is 8. The summed E-state index contributed by atoms with van der Waals surface area (Å²) in [7, 11) is 0. The molecule has 3 heterocycles. The zero-order chi connectivity index (χ0) is 25.5. The van der Waals surface area contributed by atoms with E-state index in [4.69, 9.17) is 9.15 Å². The number of aromatic nitrogens is 1. The van der Waals surface area contributed by atoms with Gasteiger partial charge in [-0.05, 0) is 45.4 Å². The molecule has 192 valence electrons. The van der Waals surface area contributed by atoms with Crippen molar-refractivity contribution >= 4 is 39.3 Å². The van der Waals surface area contributed by atoms with Crippen LogP contribution in [-0.4, -0.2) is 54.0 Å². The predicted molar refractivity (Wildman–Crippen MR) is 141 cm³/mol. The molecule has 0 saturated carbocycles. The summed E-state index contributed by atoms with van der Waals surface area (Å²) in [5, 5.41) is 8.38. The van der Waals surface area contributed by atoms with Crippen molar-refractivity contribution in [2.24, 2.45) is 0 Å². The number of benzene rings is 1. The van der Waals surface area contributed by atoms with E-state index in [0.29, 0.717) is 46.9 Å². The third-order valence-corrected chi connectivity index (χ3v) is 7.05. The van der Waals surface area contributed by atoms with Crippen LogP contribution >= 0.6 is 11.3 Å². The number of carbonyl (C=O) groups excluding carboxylic acids is 2. The maximum atomic E-state index is 12.6. The number of thiazole rings is 1. The second-order valence-corrected chi connectivity index (χ2v) is 9.73.